The number of rotatable bonds is 9. The minimum Gasteiger partial charge on any atom is -0.455 e. The second-order valence-corrected chi connectivity index (χ2v) is 7.92. The lowest BCUT2D eigenvalue weighted by atomic mass is 10.1. The average Bonchev–Trinajstić information content (AvgIpc) is 2.74. The van der Waals surface area contributed by atoms with E-state index < -0.39 is 19.9 Å². The molecule has 0 spiro atoms. The molecule has 0 aliphatic carbocycles. The summed E-state index contributed by atoms with van der Waals surface area (Å²) in [4.78, 5) is 30.7. The maximum atomic E-state index is 12.6. The summed E-state index contributed by atoms with van der Waals surface area (Å²) in [5, 5.41) is 5.42. The number of hydrogen-bond acceptors (Lipinski definition) is 4. The molecule has 1 atom stereocenters. The Bertz CT molecular complexity index is 1030. The largest absolute Gasteiger partial charge is 0.469 e. The molecule has 0 aliphatic rings. The molecular weight excluding hydrogens is 419 g/mol. The molecule has 2 amide bonds. The zero-order valence-electron chi connectivity index (χ0n) is 16.5. The summed E-state index contributed by atoms with van der Waals surface area (Å²) >= 11 is 0. The molecule has 0 saturated carbocycles. The van der Waals surface area contributed by atoms with Crippen molar-refractivity contribution in [3.05, 3.63) is 90.5 Å². The topological polar surface area (TPSA) is 117 Å². The molecule has 1 unspecified atom stereocenters. The van der Waals surface area contributed by atoms with E-state index in [1.54, 1.807) is 36.4 Å². The normalized spacial score (nSPS) is 12.1. The number of benzene rings is 3. The van der Waals surface area contributed by atoms with Gasteiger partial charge in [0.2, 0.25) is 0 Å². The van der Waals surface area contributed by atoms with Gasteiger partial charge >= 0.3 is 13.9 Å². The first-order chi connectivity index (χ1) is 14.9. The summed E-state index contributed by atoms with van der Waals surface area (Å²) in [6.45, 7) is -0.352. The van der Waals surface area contributed by atoms with E-state index in [2.05, 4.69) is 15.2 Å². The SMILES string of the molecule is O=C(Nc1ccccc1Oc1ccccc1)NC(COP(=O)(O)O)Cc1ccccc1. The lowest BCUT2D eigenvalue weighted by Crippen LogP contribution is -2.42. The van der Waals surface area contributed by atoms with Crippen molar-refractivity contribution in [3.8, 4) is 11.5 Å². The van der Waals surface area contributed by atoms with Gasteiger partial charge < -0.3 is 25.2 Å². The van der Waals surface area contributed by atoms with E-state index in [4.69, 9.17) is 14.5 Å². The molecule has 0 aromatic heterocycles. The Kier molecular flexibility index (Phi) is 7.81. The van der Waals surface area contributed by atoms with Crippen LogP contribution in [0.3, 0.4) is 0 Å². The lowest BCUT2D eigenvalue weighted by Gasteiger charge is -2.20. The fourth-order valence-electron chi connectivity index (χ4n) is 2.86. The number of phosphoric ester groups is 1. The minimum atomic E-state index is -4.67. The zero-order valence-corrected chi connectivity index (χ0v) is 17.4. The van der Waals surface area contributed by atoms with Crippen molar-refractivity contribution >= 4 is 19.5 Å². The maximum Gasteiger partial charge on any atom is 0.469 e. The summed E-state index contributed by atoms with van der Waals surface area (Å²) in [5.74, 6) is 1.07. The number of carbonyl (C=O) groups excluding carboxylic acids is 1. The molecule has 31 heavy (non-hydrogen) atoms. The molecule has 9 heteroatoms. The van der Waals surface area contributed by atoms with E-state index in [9.17, 15) is 9.36 Å². The van der Waals surface area contributed by atoms with Crippen LogP contribution in [-0.2, 0) is 15.5 Å². The van der Waals surface area contributed by atoms with Crippen LogP contribution < -0.4 is 15.4 Å². The lowest BCUT2D eigenvalue weighted by molar-refractivity contribution is 0.176. The molecule has 0 radical (unpaired) electrons. The van der Waals surface area contributed by atoms with Gasteiger partial charge in [-0.05, 0) is 36.2 Å². The quantitative estimate of drug-likeness (QED) is 0.367. The molecule has 3 rings (SSSR count). The van der Waals surface area contributed by atoms with Gasteiger partial charge in [-0.1, -0.05) is 60.7 Å². The third kappa shape index (κ3) is 7.88. The van der Waals surface area contributed by atoms with Crippen LogP contribution in [0, 0.1) is 0 Å². The van der Waals surface area contributed by atoms with Crippen LogP contribution in [0.2, 0.25) is 0 Å². The Morgan fingerprint density at radius 1 is 0.903 bits per heavy atom. The van der Waals surface area contributed by atoms with E-state index in [1.807, 2.05) is 48.5 Å². The highest BCUT2D eigenvalue weighted by Crippen LogP contribution is 2.36. The second kappa shape index (κ2) is 10.7. The van der Waals surface area contributed by atoms with Crippen molar-refractivity contribution in [3.63, 3.8) is 0 Å². The van der Waals surface area contributed by atoms with E-state index in [-0.39, 0.29) is 6.61 Å². The van der Waals surface area contributed by atoms with Crippen LogP contribution in [0.1, 0.15) is 5.56 Å². The van der Waals surface area contributed by atoms with Crippen molar-refractivity contribution in [1.82, 2.24) is 5.32 Å². The van der Waals surface area contributed by atoms with Crippen molar-refractivity contribution in [2.45, 2.75) is 12.5 Å². The van der Waals surface area contributed by atoms with Gasteiger partial charge in [-0.3, -0.25) is 4.52 Å². The van der Waals surface area contributed by atoms with Gasteiger partial charge in [0.15, 0.2) is 5.75 Å². The number of anilines is 1. The number of phosphoric acid groups is 1. The Balaban J connectivity index is 1.68. The Labute approximate surface area is 180 Å². The van der Waals surface area contributed by atoms with Crippen molar-refractivity contribution < 1.29 is 28.4 Å². The van der Waals surface area contributed by atoms with Crippen LogP contribution in [0.4, 0.5) is 10.5 Å². The van der Waals surface area contributed by atoms with E-state index in [0.717, 1.165) is 5.56 Å². The van der Waals surface area contributed by atoms with Crippen LogP contribution in [0.15, 0.2) is 84.9 Å². The number of carbonyl (C=O) groups is 1. The predicted octanol–water partition coefficient (Wildman–Crippen LogP) is 4.32. The third-order valence-corrected chi connectivity index (χ3v) is 4.70. The number of ether oxygens (including phenoxy) is 1. The summed E-state index contributed by atoms with van der Waals surface area (Å²) in [6.07, 6.45) is 0.330. The molecule has 4 N–H and O–H groups in total. The first-order valence-corrected chi connectivity index (χ1v) is 11.1. The first kappa shape index (κ1) is 22.5. The van der Waals surface area contributed by atoms with Gasteiger partial charge in [-0.25, -0.2) is 9.36 Å². The molecule has 0 fully saturated rings. The monoisotopic (exact) mass is 442 g/mol. The molecule has 3 aromatic rings. The number of para-hydroxylation sites is 3. The summed E-state index contributed by atoms with van der Waals surface area (Å²) in [5.41, 5.74) is 1.33. The molecule has 0 aliphatic heterocycles. The fourth-order valence-corrected chi connectivity index (χ4v) is 3.23. The van der Waals surface area contributed by atoms with E-state index in [1.165, 1.54) is 0 Å². The van der Waals surface area contributed by atoms with E-state index in [0.29, 0.717) is 23.6 Å². The van der Waals surface area contributed by atoms with Gasteiger partial charge in [-0.2, -0.15) is 0 Å². The predicted molar refractivity (Wildman–Crippen MR) is 117 cm³/mol. The van der Waals surface area contributed by atoms with Crippen LogP contribution >= 0.6 is 7.82 Å². The first-order valence-electron chi connectivity index (χ1n) is 9.52. The Morgan fingerprint density at radius 3 is 2.19 bits per heavy atom. The third-order valence-electron chi connectivity index (χ3n) is 4.21. The van der Waals surface area contributed by atoms with Crippen LogP contribution in [-0.4, -0.2) is 28.5 Å². The number of nitrogens with one attached hydrogen (secondary N) is 2. The van der Waals surface area contributed by atoms with E-state index >= 15 is 0 Å². The highest BCUT2D eigenvalue weighted by atomic mass is 31.2. The van der Waals surface area contributed by atoms with Gasteiger partial charge in [0, 0.05) is 0 Å². The van der Waals surface area contributed by atoms with Crippen LogP contribution in [0.25, 0.3) is 0 Å². The molecule has 8 nitrogen and oxygen atoms in total. The summed E-state index contributed by atoms with van der Waals surface area (Å²) in [6, 6.07) is 24.1. The van der Waals surface area contributed by atoms with Crippen LogP contribution in [0.5, 0.6) is 11.5 Å². The minimum absolute atomic E-state index is 0.330. The van der Waals surface area contributed by atoms with Crippen molar-refractivity contribution in [1.29, 1.82) is 0 Å². The number of amides is 2. The maximum absolute atomic E-state index is 12.6. The van der Waals surface area contributed by atoms with Crippen molar-refractivity contribution in [2.24, 2.45) is 0 Å². The van der Waals surface area contributed by atoms with Gasteiger partial charge in [0.1, 0.15) is 5.75 Å². The molecule has 0 bridgehead atoms. The second-order valence-electron chi connectivity index (χ2n) is 6.68. The average molecular weight is 442 g/mol. The highest BCUT2D eigenvalue weighted by Gasteiger charge is 2.21. The zero-order chi connectivity index (χ0) is 22.1. The molecule has 0 saturated heterocycles. The fraction of sp³-hybridized carbons (Fsp3) is 0.136. The smallest absolute Gasteiger partial charge is 0.455 e. The highest BCUT2D eigenvalue weighted by molar-refractivity contribution is 7.46. The van der Waals surface area contributed by atoms with Gasteiger partial charge in [0.25, 0.3) is 0 Å². The molecule has 0 heterocycles. The summed E-state index contributed by atoms with van der Waals surface area (Å²) < 4.78 is 21.6. The molecule has 3 aromatic carbocycles. The standard InChI is InChI=1S/C22H23N2O6P/c25-22(23-18(16-29-31(26,27)28)15-17-9-3-1-4-10-17)24-20-13-7-8-14-21(20)30-19-11-5-2-6-12-19/h1-14,18H,15-16H2,(H2,23,24,25)(H2,26,27,28). The number of hydrogen-bond donors (Lipinski definition) is 4. The summed E-state index contributed by atoms with van der Waals surface area (Å²) in [7, 11) is -4.67. The number of urea groups is 1. The van der Waals surface area contributed by atoms with Gasteiger partial charge in [0.05, 0.1) is 18.3 Å². The Morgan fingerprint density at radius 2 is 1.52 bits per heavy atom. The van der Waals surface area contributed by atoms with Crippen molar-refractivity contribution in [2.75, 3.05) is 11.9 Å². The molecular formula is C22H23N2O6P. The van der Waals surface area contributed by atoms with Gasteiger partial charge in [-0.15, -0.1) is 0 Å². The molecule has 162 valence electrons. The Hall–Kier alpha value is -3.16.